The fourth-order valence-electron chi connectivity index (χ4n) is 2.83. The molecular weight excluding hydrogens is 292 g/mol. The first-order chi connectivity index (χ1) is 10.5. The summed E-state index contributed by atoms with van der Waals surface area (Å²) in [5.41, 5.74) is 1.00. The second-order valence-corrected chi connectivity index (χ2v) is 7.50. The molecule has 0 spiro atoms. The minimum Gasteiger partial charge on any atom is -0.349 e. The smallest absolute Gasteiger partial charge is 0.200 e. The van der Waals surface area contributed by atoms with Crippen LogP contribution >= 0.6 is 11.9 Å². The summed E-state index contributed by atoms with van der Waals surface area (Å²) >= 11 is 1.84. The molecule has 122 valence electrons. The van der Waals surface area contributed by atoms with Crippen molar-refractivity contribution in [2.24, 2.45) is 4.99 Å². The highest BCUT2D eigenvalue weighted by Crippen LogP contribution is 2.32. The molecule has 0 saturated heterocycles. The molecule has 0 N–H and O–H groups in total. The first kappa shape index (κ1) is 17.2. The van der Waals surface area contributed by atoms with E-state index in [1.54, 1.807) is 0 Å². The van der Waals surface area contributed by atoms with Crippen LogP contribution in [0.5, 0.6) is 0 Å². The number of benzene rings is 1. The maximum atomic E-state index is 4.76. The van der Waals surface area contributed by atoms with Crippen LogP contribution in [-0.4, -0.2) is 61.3 Å². The number of nitrogens with zero attached hydrogens (tertiary/aromatic N) is 4. The van der Waals surface area contributed by atoms with Crippen LogP contribution in [-0.2, 0) is 0 Å². The highest BCUT2D eigenvalue weighted by Gasteiger charge is 2.20. The molecule has 0 bridgehead atoms. The largest absolute Gasteiger partial charge is 0.349 e. The zero-order valence-corrected chi connectivity index (χ0v) is 15.2. The van der Waals surface area contributed by atoms with E-state index in [0.717, 1.165) is 17.7 Å². The summed E-state index contributed by atoms with van der Waals surface area (Å²) in [5.74, 6) is 0.950. The van der Waals surface area contributed by atoms with Gasteiger partial charge in [-0.3, -0.25) is 0 Å². The van der Waals surface area contributed by atoms with Crippen molar-refractivity contribution in [1.29, 1.82) is 0 Å². The number of hydrogen-bond acceptors (Lipinski definition) is 3. The van der Waals surface area contributed by atoms with Crippen molar-refractivity contribution in [3.8, 4) is 0 Å². The zero-order chi connectivity index (χ0) is 16.1. The monoisotopic (exact) mass is 320 g/mol. The Kier molecular flexibility index (Phi) is 6.15. The molecular formula is C17H28N4S. The van der Waals surface area contributed by atoms with Gasteiger partial charge >= 0.3 is 0 Å². The molecule has 0 radical (unpaired) electrons. The molecule has 0 unspecified atom stereocenters. The lowest BCUT2D eigenvalue weighted by atomic mass is 10.3. The number of hydrogen-bond donors (Lipinski definition) is 0. The Morgan fingerprint density at radius 3 is 2.27 bits per heavy atom. The summed E-state index contributed by atoms with van der Waals surface area (Å²) < 4.78 is 2.41. The van der Waals surface area contributed by atoms with Crippen LogP contribution in [0.4, 0.5) is 5.69 Å². The summed E-state index contributed by atoms with van der Waals surface area (Å²) in [7, 11) is 10.3. The van der Waals surface area contributed by atoms with Gasteiger partial charge in [0, 0.05) is 39.1 Å². The molecule has 0 amide bonds. The van der Waals surface area contributed by atoms with Crippen LogP contribution in [0.2, 0.25) is 0 Å². The highest BCUT2D eigenvalue weighted by molar-refractivity contribution is 7.97. The van der Waals surface area contributed by atoms with E-state index in [9.17, 15) is 0 Å². The standard InChI is InChI=1S/C17H28N4S/c1-19(2)17(20(3)4)18-14-9-8-12-16(13-14)22-21(5)15-10-6-7-11-15/h8-9,12-13,15H,6-7,10-11H2,1-5H3. The summed E-state index contributed by atoms with van der Waals surface area (Å²) in [4.78, 5) is 10.1. The van der Waals surface area contributed by atoms with Crippen molar-refractivity contribution in [3.63, 3.8) is 0 Å². The third-order valence-electron chi connectivity index (χ3n) is 3.94. The van der Waals surface area contributed by atoms with Crippen molar-refractivity contribution in [2.75, 3.05) is 35.2 Å². The van der Waals surface area contributed by atoms with Crippen LogP contribution in [0.15, 0.2) is 34.2 Å². The molecule has 0 aromatic heterocycles. The van der Waals surface area contributed by atoms with Gasteiger partial charge in [0.05, 0.1) is 5.69 Å². The van der Waals surface area contributed by atoms with Gasteiger partial charge in [0.2, 0.25) is 5.96 Å². The lowest BCUT2D eigenvalue weighted by molar-refractivity contribution is 0.416. The predicted octanol–water partition coefficient (Wildman–Crippen LogP) is 3.68. The Bertz CT molecular complexity index is 497. The van der Waals surface area contributed by atoms with E-state index in [-0.39, 0.29) is 0 Å². The fraction of sp³-hybridized carbons (Fsp3) is 0.588. The van der Waals surface area contributed by atoms with Gasteiger partial charge in [-0.25, -0.2) is 9.30 Å². The summed E-state index contributed by atoms with van der Waals surface area (Å²) in [6, 6.07) is 9.21. The molecule has 22 heavy (non-hydrogen) atoms. The van der Waals surface area contributed by atoms with Gasteiger partial charge in [-0.2, -0.15) is 0 Å². The Hall–Kier alpha value is -1.20. The lowest BCUT2D eigenvalue weighted by Crippen LogP contribution is -2.35. The van der Waals surface area contributed by atoms with Gasteiger partial charge in [0.15, 0.2) is 0 Å². The lowest BCUT2D eigenvalue weighted by Gasteiger charge is -2.23. The van der Waals surface area contributed by atoms with Gasteiger partial charge in [0.25, 0.3) is 0 Å². The predicted molar refractivity (Wildman–Crippen MR) is 96.8 cm³/mol. The van der Waals surface area contributed by atoms with E-state index in [0.29, 0.717) is 0 Å². The maximum Gasteiger partial charge on any atom is 0.200 e. The van der Waals surface area contributed by atoms with E-state index in [1.165, 1.54) is 30.6 Å². The second-order valence-electron chi connectivity index (χ2n) is 6.27. The first-order valence-electron chi connectivity index (χ1n) is 7.91. The van der Waals surface area contributed by atoms with Crippen LogP contribution in [0.1, 0.15) is 25.7 Å². The third kappa shape index (κ3) is 4.65. The van der Waals surface area contributed by atoms with Crippen LogP contribution in [0.3, 0.4) is 0 Å². The molecule has 1 aromatic rings. The van der Waals surface area contributed by atoms with Crippen LogP contribution in [0.25, 0.3) is 0 Å². The van der Waals surface area contributed by atoms with E-state index in [1.807, 2.05) is 49.9 Å². The van der Waals surface area contributed by atoms with Crippen molar-refractivity contribution in [2.45, 2.75) is 36.6 Å². The molecule has 1 aliphatic rings. The minimum absolute atomic E-state index is 0.719. The van der Waals surface area contributed by atoms with E-state index < -0.39 is 0 Å². The molecule has 1 aromatic carbocycles. The van der Waals surface area contributed by atoms with Crippen molar-refractivity contribution in [3.05, 3.63) is 24.3 Å². The molecule has 0 aliphatic heterocycles. The topological polar surface area (TPSA) is 22.1 Å². The zero-order valence-electron chi connectivity index (χ0n) is 14.4. The summed E-state index contributed by atoms with van der Waals surface area (Å²) in [5, 5.41) is 0. The molecule has 1 fully saturated rings. The summed E-state index contributed by atoms with van der Waals surface area (Å²) in [6.07, 6.45) is 5.39. The molecule has 0 heterocycles. The Morgan fingerprint density at radius 2 is 1.68 bits per heavy atom. The van der Waals surface area contributed by atoms with E-state index >= 15 is 0 Å². The van der Waals surface area contributed by atoms with Gasteiger partial charge < -0.3 is 9.80 Å². The Balaban J connectivity index is 2.10. The maximum absolute atomic E-state index is 4.76. The number of rotatable bonds is 4. The first-order valence-corrected chi connectivity index (χ1v) is 8.69. The third-order valence-corrected chi connectivity index (χ3v) is 4.99. The second kappa shape index (κ2) is 7.88. The molecule has 1 saturated carbocycles. The molecule has 2 rings (SSSR count). The normalized spacial score (nSPS) is 15.2. The van der Waals surface area contributed by atoms with Crippen molar-refractivity contribution < 1.29 is 0 Å². The van der Waals surface area contributed by atoms with Gasteiger partial charge in [-0.1, -0.05) is 18.9 Å². The molecule has 4 nitrogen and oxygen atoms in total. The molecule has 0 atom stereocenters. The van der Waals surface area contributed by atoms with Gasteiger partial charge in [0.1, 0.15) is 0 Å². The summed E-state index contributed by atoms with van der Waals surface area (Å²) in [6.45, 7) is 0. The van der Waals surface area contributed by atoms with Gasteiger partial charge in [-0.05, 0) is 50.0 Å². The minimum atomic E-state index is 0.719. The van der Waals surface area contributed by atoms with E-state index in [4.69, 9.17) is 4.99 Å². The van der Waals surface area contributed by atoms with Gasteiger partial charge in [-0.15, -0.1) is 0 Å². The SMILES string of the molecule is CN(C)C(=Nc1cccc(SN(C)C2CCCC2)c1)N(C)C. The molecule has 1 aliphatic carbocycles. The number of aliphatic imine (C=N–C) groups is 1. The van der Waals surface area contributed by atoms with E-state index in [2.05, 4.69) is 35.6 Å². The highest BCUT2D eigenvalue weighted by atomic mass is 32.2. The van der Waals surface area contributed by atoms with Crippen molar-refractivity contribution >= 4 is 23.6 Å². The fourth-order valence-corrected chi connectivity index (χ4v) is 3.84. The van der Waals surface area contributed by atoms with Crippen LogP contribution < -0.4 is 0 Å². The Morgan fingerprint density at radius 1 is 1.05 bits per heavy atom. The van der Waals surface area contributed by atoms with Crippen LogP contribution in [0, 0.1) is 0 Å². The Labute approximate surface area is 139 Å². The average Bonchev–Trinajstić information content (AvgIpc) is 2.98. The quantitative estimate of drug-likeness (QED) is 0.479. The molecule has 5 heteroatoms. The van der Waals surface area contributed by atoms with Crippen molar-refractivity contribution in [1.82, 2.24) is 14.1 Å². The number of guanidine groups is 1. The average molecular weight is 321 g/mol.